The van der Waals surface area contributed by atoms with Crippen molar-refractivity contribution in [2.75, 3.05) is 11.9 Å². The van der Waals surface area contributed by atoms with Crippen LogP contribution in [-0.2, 0) is 0 Å². The van der Waals surface area contributed by atoms with Gasteiger partial charge in [0.1, 0.15) is 0 Å². The van der Waals surface area contributed by atoms with Gasteiger partial charge in [-0.15, -0.1) is 11.3 Å². The third-order valence-corrected chi connectivity index (χ3v) is 2.65. The highest BCUT2D eigenvalue weighted by Crippen LogP contribution is 2.10. The van der Waals surface area contributed by atoms with Crippen LogP contribution < -0.4 is 10.6 Å². The van der Waals surface area contributed by atoms with E-state index in [0.29, 0.717) is 11.0 Å². The smallest absolute Gasteiger partial charge is 0.321 e. The molecule has 0 fully saturated rings. The monoisotopic (exact) mass is 243 g/mol. The van der Waals surface area contributed by atoms with Gasteiger partial charge in [0.15, 0.2) is 5.13 Å². The van der Waals surface area contributed by atoms with Crippen LogP contribution in [0.2, 0.25) is 0 Å². The van der Waals surface area contributed by atoms with Crippen LogP contribution in [0.1, 0.15) is 20.3 Å². The molecule has 0 bridgehead atoms. The maximum atomic E-state index is 11.5. The molecule has 1 unspecified atom stereocenters. The van der Waals surface area contributed by atoms with E-state index >= 15 is 0 Å². The van der Waals surface area contributed by atoms with Gasteiger partial charge < -0.3 is 10.4 Å². The fourth-order valence-corrected chi connectivity index (χ4v) is 1.88. The van der Waals surface area contributed by atoms with Gasteiger partial charge in [0.05, 0.1) is 12.6 Å². The van der Waals surface area contributed by atoms with Crippen LogP contribution in [0.25, 0.3) is 0 Å². The lowest BCUT2D eigenvalue weighted by Gasteiger charge is -2.17. The molecule has 5 nitrogen and oxygen atoms in total. The van der Waals surface area contributed by atoms with Crippen molar-refractivity contribution in [3.63, 3.8) is 0 Å². The molecule has 0 saturated heterocycles. The predicted molar refractivity (Wildman–Crippen MR) is 64.6 cm³/mol. The molecular weight excluding hydrogens is 226 g/mol. The molecule has 0 saturated carbocycles. The fraction of sp³-hybridized carbons (Fsp3) is 0.600. The normalized spacial score (nSPS) is 12.5. The first-order chi connectivity index (χ1) is 7.61. The van der Waals surface area contributed by atoms with E-state index in [1.807, 2.05) is 13.8 Å². The first kappa shape index (κ1) is 12.9. The zero-order chi connectivity index (χ0) is 12.0. The third kappa shape index (κ3) is 4.59. The van der Waals surface area contributed by atoms with Crippen molar-refractivity contribution >= 4 is 22.5 Å². The SMILES string of the molecule is CC(C)CC(CO)NC(=O)Nc1nccs1. The molecule has 0 spiro atoms. The standard InChI is InChI=1S/C10H17N3O2S/c1-7(2)5-8(6-14)12-9(15)13-10-11-3-4-16-10/h3-4,7-8,14H,5-6H2,1-2H3,(H2,11,12,13,15). The first-order valence-electron chi connectivity index (χ1n) is 5.19. The van der Waals surface area contributed by atoms with Crippen LogP contribution in [0, 0.1) is 5.92 Å². The third-order valence-electron chi connectivity index (χ3n) is 1.96. The first-order valence-corrected chi connectivity index (χ1v) is 6.07. The van der Waals surface area contributed by atoms with E-state index in [2.05, 4.69) is 15.6 Å². The molecule has 0 aliphatic carbocycles. The Morgan fingerprint density at radius 1 is 1.62 bits per heavy atom. The maximum Gasteiger partial charge on any atom is 0.321 e. The summed E-state index contributed by atoms with van der Waals surface area (Å²) in [7, 11) is 0. The van der Waals surface area contributed by atoms with Crippen LogP contribution in [-0.4, -0.2) is 28.8 Å². The summed E-state index contributed by atoms with van der Waals surface area (Å²) >= 11 is 1.35. The number of aromatic nitrogens is 1. The molecular formula is C10H17N3O2S. The second-order valence-corrected chi connectivity index (χ2v) is 4.84. The molecule has 1 atom stereocenters. The summed E-state index contributed by atoms with van der Waals surface area (Å²) in [5.41, 5.74) is 0. The number of carbonyl (C=O) groups excluding carboxylic acids is 1. The van der Waals surface area contributed by atoms with Gasteiger partial charge in [-0.3, -0.25) is 5.32 Å². The number of rotatable bonds is 5. The number of anilines is 1. The van der Waals surface area contributed by atoms with Crippen LogP contribution in [0.3, 0.4) is 0 Å². The van der Waals surface area contributed by atoms with E-state index in [4.69, 9.17) is 5.11 Å². The lowest BCUT2D eigenvalue weighted by atomic mass is 10.0. The molecule has 3 N–H and O–H groups in total. The summed E-state index contributed by atoms with van der Waals surface area (Å²) in [5.74, 6) is 0.428. The maximum absolute atomic E-state index is 11.5. The van der Waals surface area contributed by atoms with Crippen molar-refractivity contribution in [3.05, 3.63) is 11.6 Å². The summed E-state index contributed by atoms with van der Waals surface area (Å²) in [6, 6.07) is -0.533. The molecule has 1 heterocycles. The Kier molecular flexibility index (Phi) is 5.21. The summed E-state index contributed by atoms with van der Waals surface area (Å²) in [5, 5.41) is 16.7. The molecule has 6 heteroatoms. The van der Waals surface area contributed by atoms with Crippen molar-refractivity contribution in [2.24, 2.45) is 5.92 Å². The van der Waals surface area contributed by atoms with E-state index < -0.39 is 0 Å². The zero-order valence-electron chi connectivity index (χ0n) is 9.43. The van der Waals surface area contributed by atoms with Crippen molar-refractivity contribution in [3.8, 4) is 0 Å². The molecule has 16 heavy (non-hydrogen) atoms. The molecule has 0 aliphatic heterocycles. The number of urea groups is 1. The topological polar surface area (TPSA) is 74.2 Å². The number of hydrogen-bond acceptors (Lipinski definition) is 4. The number of thiazole rings is 1. The lowest BCUT2D eigenvalue weighted by molar-refractivity contribution is 0.214. The molecule has 1 aromatic rings. The van der Waals surface area contributed by atoms with Crippen molar-refractivity contribution in [1.82, 2.24) is 10.3 Å². The minimum Gasteiger partial charge on any atom is -0.394 e. The van der Waals surface area contributed by atoms with Gasteiger partial charge in [-0.1, -0.05) is 13.8 Å². The Morgan fingerprint density at radius 2 is 2.38 bits per heavy atom. The average Bonchev–Trinajstić information content (AvgIpc) is 2.68. The van der Waals surface area contributed by atoms with Crippen LogP contribution in [0.5, 0.6) is 0 Å². The van der Waals surface area contributed by atoms with Gasteiger partial charge in [-0.25, -0.2) is 9.78 Å². The molecule has 0 aromatic carbocycles. The van der Waals surface area contributed by atoms with E-state index in [1.54, 1.807) is 11.6 Å². The summed E-state index contributed by atoms with van der Waals surface area (Å²) in [6.07, 6.45) is 2.37. The van der Waals surface area contributed by atoms with Crippen LogP contribution >= 0.6 is 11.3 Å². The highest BCUT2D eigenvalue weighted by Gasteiger charge is 2.13. The number of aliphatic hydroxyl groups is 1. The summed E-state index contributed by atoms with van der Waals surface area (Å²) < 4.78 is 0. The van der Waals surface area contributed by atoms with E-state index in [0.717, 1.165) is 6.42 Å². The van der Waals surface area contributed by atoms with Crippen LogP contribution in [0.4, 0.5) is 9.93 Å². The van der Waals surface area contributed by atoms with Crippen LogP contribution in [0.15, 0.2) is 11.6 Å². The summed E-state index contributed by atoms with van der Waals surface area (Å²) in [4.78, 5) is 15.4. The Labute approximate surface area is 98.9 Å². The second-order valence-electron chi connectivity index (χ2n) is 3.94. The Hall–Kier alpha value is -1.14. The van der Waals surface area contributed by atoms with Gasteiger partial charge in [0.25, 0.3) is 0 Å². The molecule has 0 radical (unpaired) electrons. The Balaban J connectivity index is 2.37. The van der Waals surface area contributed by atoms with Gasteiger partial charge in [0.2, 0.25) is 0 Å². The van der Waals surface area contributed by atoms with Gasteiger partial charge in [-0.2, -0.15) is 0 Å². The Morgan fingerprint density at radius 3 is 2.88 bits per heavy atom. The Bertz CT molecular complexity index is 314. The second kappa shape index (κ2) is 6.44. The summed E-state index contributed by atoms with van der Waals surface area (Å²) in [6.45, 7) is 4.04. The molecule has 2 amide bonds. The number of hydrogen-bond donors (Lipinski definition) is 3. The number of amides is 2. The quantitative estimate of drug-likeness (QED) is 0.736. The van der Waals surface area contributed by atoms with Crippen molar-refractivity contribution in [1.29, 1.82) is 0 Å². The predicted octanol–water partition coefficient (Wildman–Crippen LogP) is 1.67. The largest absolute Gasteiger partial charge is 0.394 e. The number of aliphatic hydroxyl groups excluding tert-OH is 1. The number of nitrogens with one attached hydrogen (secondary N) is 2. The molecule has 1 aromatic heterocycles. The van der Waals surface area contributed by atoms with Gasteiger partial charge >= 0.3 is 6.03 Å². The minimum atomic E-state index is -0.324. The van der Waals surface area contributed by atoms with E-state index in [9.17, 15) is 4.79 Å². The van der Waals surface area contributed by atoms with Crippen molar-refractivity contribution in [2.45, 2.75) is 26.3 Å². The fourth-order valence-electron chi connectivity index (χ4n) is 1.35. The van der Waals surface area contributed by atoms with Gasteiger partial charge in [-0.05, 0) is 12.3 Å². The lowest BCUT2D eigenvalue weighted by Crippen LogP contribution is -2.40. The number of nitrogens with zero attached hydrogens (tertiary/aromatic N) is 1. The van der Waals surface area contributed by atoms with Crippen molar-refractivity contribution < 1.29 is 9.90 Å². The highest BCUT2D eigenvalue weighted by atomic mass is 32.1. The molecule has 90 valence electrons. The highest BCUT2D eigenvalue weighted by molar-refractivity contribution is 7.13. The van der Waals surface area contributed by atoms with E-state index in [1.165, 1.54) is 11.3 Å². The minimum absolute atomic E-state index is 0.0521. The molecule has 1 rings (SSSR count). The van der Waals surface area contributed by atoms with E-state index in [-0.39, 0.29) is 18.7 Å². The zero-order valence-corrected chi connectivity index (χ0v) is 10.3. The number of carbonyl (C=O) groups is 1. The average molecular weight is 243 g/mol. The van der Waals surface area contributed by atoms with Gasteiger partial charge in [0, 0.05) is 11.6 Å². The molecule has 0 aliphatic rings.